The van der Waals surface area contributed by atoms with Crippen LogP contribution in [0, 0.1) is 0 Å². The summed E-state index contributed by atoms with van der Waals surface area (Å²) in [7, 11) is 1.13. The van der Waals surface area contributed by atoms with Gasteiger partial charge in [-0.1, -0.05) is 0 Å². The van der Waals surface area contributed by atoms with E-state index in [4.69, 9.17) is 10.8 Å². The van der Waals surface area contributed by atoms with Crippen molar-refractivity contribution in [1.29, 1.82) is 0 Å². The number of aliphatic carboxylic acids is 1. The molecule has 0 spiro atoms. The second-order valence-electron chi connectivity index (χ2n) is 2.97. The first kappa shape index (κ1) is 13.4. The zero-order chi connectivity index (χ0) is 12.0. The topological polar surface area (TPSA) is 119 Å². The average molecular weight is 218 g/mol. The number of methoxy groups -OCH3 is 1. The minimum absolute atomic E-state index is 0.426. The summed E-state index contributed by atoms with van der Waals surface area (Å²) in [5, 5.41) is 10.8. The third kappa shape index (κ3) is 4.96. The van der Waals surface area contributed by atoms with Crippen molar-refractivity contribution in [1.82, 2.24) is 5.32 Å². The fourth-order valence-electron chi connectivity index (χ4n) is 0.753. The largest absolute Gasteiger partial charge is 0.480 e. The average Bonchev–Trinajstić information content (AvgIpc) is 2.15. The van der Waals surface area contributed by atoms with Gasteiger partial charge < -0.3 is 20.9 Å². The van der Waals surface area contributed by atoms with Crippen molar-refractivity contribution in [2.24, 2.45) is 5.73 Å². The normalized spacial score (nSPS) is 13.8. The van der Waals surface area contributed by atoms with E-state index < -0.39 is 36.4 Å². The van der Waals surface area contributed by atoms with Gasteiger partial charge in [-0.05, 0) is 6.92 Å². The van der Waals surface area contributed by atoms with Crippen LogP contribution in [0.2, 0.25) is 0 Å². The Balaban J connectivity index is 4.35. The van der Waals surface area contributed by atoms with Gasteiger partial charge in [-0.3, -0.25) is 9.59 Å². The van der Waals surface area contributed by atoms with Crippen LogP contribution in [0.5, 0.6) is 0 Å². The van der Waals surface area contributed by atoms with E-state index in [1.165, 1.54) is 6.92 Å². The van der Waals surface area contributed by atoms with E-state index in [2.05, 4.69) is 10.1 Å². The molecule has 7 nitrogen and oxygen atoms in total. The fraction of sp³-hybridized carbons (Fsp3) is 0.625. The van der Waals surface area contributed by atoms with E-state index in [9.17, 15) is 14.4 Å². The first-order valence-electron chi connectivity index (χ1n) is 4.24. The number of amides is 1. The first-order chi connectivity index (χ1) is 6.88. The van der Waals surface area contributed by atoms with E-state index in [0.717, 1.165) is 7.11 Å². The second kappa shape index (κ2) is 5.97. The third-order valence-corrected chi connectivity index (χ3v) is 1.63. The smallest absolute Gasteiger partial charge is 0.326 e. The molecule has 2 atom stereocenters. The molecule has 7 heteroatoms. The highest BCUT2D eigenvalue weighted by atomic mass is 16.5. The summed E-state index contributed by atoms with van der Waals surface area (Å²) in [6, 6.07) is -2.14. The predicted molar refractivity (Wildman–Crippen MR) is 49.8 cm³/mol. The van der Waals surface area contributed by atoms with E-state index in [1.54, 1.807) is 0 Å². The number of hydrogen-bond acceptors (Lipinski definition) is 5. The maximum atomic E-state index is 11.1. The zero-order valence-electron chi connectivity index (χ0n) is 8.52. The van der Waals surface area contributed by atoms with Crippen LogP contribution in [0.15, 0.2) is 0 Å². The Labute approximate surface area is 86.6 Å². The van der Waals surface area contributed by atoms with Gasteiger partial charge in [-0.15, -0.1) is 0 Å². The molecule has 0 saturated heterocycles. The summed E-state index contributed by atoms with van der Waals surface area (Å²) in [5.74, 6) is -2.66. The molecule has 0 aromatic heterocycles. The highest BCUT2D eigenvalue weighted by Gasteiger charge is 2.24. The van der Waals surface area contributed by atoms with Crippen molar-refractivity contribution in [2.45, 2.75) is 25.4 Å². The first-order valence-corrected chi connectivity index (χ1v) is 4.24. The third-order valence-electron chi connectivity index (χ3n) is 1.63. The number of carbonyl (C=O) groups is 3. The van der Waals surface area contributed by atoms with Crippen LogP contribution in [-0.2, 0) is 19.1 Å². The van der Waals surface area contributed by atoms with Gasteiger partial charge in [0, 0.05) is 0 Å². The lowest BCUT2D eigenvalue weighted by atomic mass is 10.2. The lowest BCUT2D eigenvalue weighted by Gasteiger charge is -2.14. The quantitative estimate of drug-likeness (QED) is 0.481. The monoisotopic (exact) mass is 218 g/mol. The summed E-state index contributed by atoms with van der Waals surface area (Å²) < 4.78 is 4.29. The van der Waals surface area contributed by atoms with Gasteiger partial charge in [0.15, 0.2) is 0 Å². The molecule has 0 unspecified atom stereocenters. The molecule has 0 bridgehead atoms. The van der Waals surface area contributed by atoms with Gasteiger partial charge in [-0.2, -0.15) is 0 Å². The molecular weight excluding hydrogens is 204 g/mol. The van der Waals surface area contributed by atoms with Gasteiger partial charge in [0.25, 0.3) is 0 Å². The molecule has 1 amide bonds. The van der Waals surface area contributed by atoms with Crippen LogP contribution in [-0.4, -0.2) is 42.1 Å². The number of rotatable bonds is 5. The molecule has 0 aromatic rings. The number of nitrogens with one attached hydrogen (secondary N) is 1. The summed E-state index contributed by atoms with van der Waals surface area (Å²) in [6.07, 6.45) is -0.426. The Bertz CT molecular complexity index is 264. The SMILES string of the molecule is COC(=O)C[C@H](NC(=O)[C@H](C)N)C(=O)O. The summed E-state index contributed by atoms with van der Waals surface area (Å²) in [6.45, 7) is 1.41. The maximum Gasteiger partial charge on any atom is 0.326 e. The number of esters is 1. The molecule has 0 heterocycles. The molecule has 0 fully saturated rings. The Morgan fingerprint density at radius 1 is 1.47 bits per heavy atom. The molecule has 15 heavy (non-hydrogen) atoms. The number of carboxylic acid groups (broad SMARTS) is 1. The standard InChI is InChI=1S/C8H14N2O5/c1-4(9)7(12)10-5(8(13)14)3-6(11)15-2/h4-5H,3,9H2,1-2H3,(H,10,12)(H,13,14)/t4-,5-/m0/s1. The van der Waals surface area contributed by atoms with Crippen molar-refractivity contribution in [3.05, 3.63) is 0 Å². The zero-order valence-corrected chi connectivity index (χ0v) is 8.52. The van der Waals surface area contributed by atoms with Crippen LogP contribution in [0.3, 0.4) is 0 Å². The molecule has 0 saturated carbocycles. The molecule has 0 radical (unpaired) electrons. The number of nitrogens with two attached hydrogens (primary N) is 1. The second-order valence-corrected chi connectivity index (χ2v) is 2.97. The molecule has 0 rings (SSSR count). The highest BCUT2D eigenvalue weighted by Crippen LogP contribution is 1.95. The van der Waals surface area contributed by atoms with Gasteiger partial charge >= 0.3 is 11.9 Å². The maximum absolute atomic E-state index is 11.1. The molecular formula is C8H14N2O5. The van der Waals surface area contributed by atoms with Crippen LogP contribution >= 0.6 is 0 Å². The number of hydrogen-bond donors (Lipinski definition) is 3. The lowest BCUT2D eigenvalue weighted by molar-refractivity contribution is -0.148. The van der Waals surface area contributed by atoms with Crippen LogP contribution < -0.4 is 11.1 Å². The van der Waals surface area contributed by atoms with Gasteiger partial charge in [0.05, 0.1) is 19.6 Å². The Hall–Kier alpha value is -1.63. The minimum Gasteiger partial charge on any atom is -0.480 e. The van der Waals surface area contributed by atoms with Crippen molar-refractivity contribution < 1.29 is 24.2 Å². The van der Waals surface area contributed by atoms with Crippen molar-refractivity contribution in [3.8, 4) is 0 Å². The fourth-order valence-corrected chi connectivity index (χ4v) is 0.753. The molecule has 0 aliphatic carbocycles. The molecule has 0 aromatic carbocycles. The van der Waals surface area contributed by atoms with E-state index in [1.807, 2.05) is 0 Å². The van der Waals surface area contributed by atoms with E-state index in [-0.39, 0.29) is 0 Å². The van der Waals surface area contributed by atoms with Crippen molar-refractivity contribution in [3.63, 3.8) is 0 Å². The van der Waals surface area contributed by atoms with Crippen molar-refractivity contribution in [2.75, 3.05) is 7.11 Å². The van der Waals surface area contributed by atoms with Crippen LogP contribution in [0.1, 0.15) is 13.3 Å². The van der Waals surface area contributed by atoms with Crippen LogP contribution in [0.25, 0.3) is 0 Å². The van der Waals surface area contributed by atoms with E-state index >= 15 is 0 Å². The molecule has 0 aliphatic rings. The van der Waals surface area contributed by atoms with E-state index in [0.29, 0.717) is 0 Å². The Kier molecular flexibility index (Phi) is 5.32. The Morgan fingerprint density at radius 2 is 2.00 bits per heavy atom. The molecule has 4 N–H and O–H groups in total. The summed E-state index contributed by atoms with van der Waals surface area (Å²) in [4.78, 5) is 32.5. The minimum atomic E-state index is -1.31. The Morgan fingerprint density at radius 3 is 2.33 bits per heavy atom. The number of carbonyl (C=O) groups excluding carboxylic acids is 2. The summed E-state index contributed by atoms with van der Waals surface area (Å²) >= 11 is 0. The van der Waals surface area contributed by atoms with Gasteiger partial charge in [-0.25, -0.2) is 4.79 Å². The highest BCUT2D eigenvalue weighted by molar-refractivity contribution is 5.89. The van der Waals surface area contributed by atoms with Gasteiger partial charge in [0.2, 0.25) is 5.91 Å². The predicted octanol–water partition coefficient (Wildman–Crippen LogP) is -1.53. The molecule has 86 valence electrons. The van der Waals surface area contributed by atoms with Crippen LogP contribution in [0.4, 0.5) is 0 Å². The number of ether oxygens (including phenoxy) is 1. The van der Waals surface area contributed by atoms with Gasteiger partial charge in [0.1, 0.15) is 6.04 Å². The molecule has 0 aliphatic heterocycles. The summed E-state index contributed by atoms with van der Waals surface area (Å²) in [5.41, 5.74) is 5.23. The van der Waals surface area contributed by atoms with Crippen molar-refractivity contribution >= 4 is 17.8 Å². The number of carboxylic acids is 1. The lowest BCUT2D eigenvalue weighted by Crippen LogP contribution is -2.48.